The first-order chi connectivity index (χ1) is 15.2. The summed E-state index contributed by atoms with van der Waals surface area (Å²) in [6.07, 6.45) is 2.03. The summed E-state index contributed by atoms with van der Waals surface area (Å²) in [5, 5.41) is 3.92. The molecule has 6 heteroatoms. The van der Waals surface area contributed by atoms with Gasteiger partial charge < -0.3 is 19.4 Å². The predicted octanol–water partition coefficient (Wildman–Crippen LogP) is 4.08. The molecule has 1 saturated heterocycles. The van der Waals surface area contributed by atoms with E-state index in [1.807, 2.05) is 25.1 Å². The van der Waals surface area contributed by atoms with Crippen LogP contribution < -0.4 is 15.0 Å². The smallest absolute Gasteiger partial charge is 0.287 e. The largest absolute Gasteiger partial charge is 0.497 e. The highest BCUT2D eigenvalue weighted by molar-refractivity contribution is 5.99. The molecule has 31 heavy (non-hydrogen) atoms. The van der Waals surface area contributed by atoms with Crippen molar-refractivity contribution in [2.75, 3.05) is 51.3 Å². The number of nitrogens with one attached hydrogen (secondary N) is 1. The molecule has 0 bridgehead atoms. The van der Waals surface area contributed by atoms with Gasteiger partial charge in [-0.15, -0.1) is 0 Å². The molecule has 0 radical (unpaired) electrons. The standard InChI is InChI=1S/C25H31N3O3/c1-19-22-18-21(30-2)10-11-23(22)31-24(19)25(29)26-12-6-7-13-27-14-16-28(17-15-27)20-8-4-3-5-9-20/h3-5,8-11,18H,6-7,12-17H2,1-2H3,(H,26,29). The Morgan fingerprint density at radius 3 is 2.58 bits per heavy atom. The number of hydrogen-bond donors (Lipinski definition) is 1. The van der Waals surface area contributed by atoms with Crippen LogP contribution in [0.4, 0.5) is 5.69 Å². The third-order valence-electron chi connectivity index (χ3n) is 6.03. The van der Waals surface area contributed by atoms with E-state index in [-0.39, 0.29) is 5.91 Å². The number of para-hydroxylation sites is 1. The van der Waals surface area contributed by atoms with Crippen molar-refractivity contribution in [1.82, 2.24) is 10.2 Å². The van der Waals surface area contributed by atoms with Crippen LogP contribution in [0.3, 0.4) is 0 Å². The number of nitrogens with zero attached hydrogens (tertiary/aromatic N) is 2. The fourth-order valence-corrected chi connectivity index (χ4v) is 4.15. The van der Waals surface area contributed by atoms with E-state index >= 15 is 0 Å². The molecule has 0 atom stereocenters. The van der Waals surface area contributed by atoms with Crippen LogP contribution in [0.25, 0.3) is 11.0 Å². The van der Waals surface area contributed by atoms with Crippen molar-refractivity contribution in [3.8, 4) is 5.75 Å². The quantitative estimate of drug-likeness (QED) is 0.556. The number of ether oxygens (including phenoxy) is 1. The summed E-state index contributed by atoms with van der Waals surface area (Å²) in [5.74, 6) is 0.998. The Balaban J connectivity index is 1.18. The number of piperazine rings is 1. The monoisotopic (exact) mass is 421 g/mol. The zero-order chi connectivity index (χ0) is 21.6. The number of unbranched alkanes of at least 4 members (excludes halogenated alkanes) is 1. The molecule has 1 amide bonds. The van der Waals surface area contributed by atoms with Gasteiger partial charge in [-0.2, -0.15) is 0 Å². The van der Waals surface area contributed by atoms with E-state index < -0.39 is 0 Å². The topological polar surface area (TPSA) is 58.0 Å². The molecule has 0 spiro atoms. The minimum atomic E-state index is -0.149. The number of hydrogen-bond acceptors (Lipinski definition) is 5. The van der Waals surface area contributed by atoms with Crippen molar-refractivity contribution >= 4 is 22.6 Å². The molecule has 4 rings (SSSR count). The van der Waals surface area contributed by atoms with Crippen LogP contribution in [0.1, 0.15) is 29.0 Å². The summed E-state index contributed by atoms with van der Waals surface area (Å²) in [4.78, 5) is 17.5. The first-order valence-electron chi connectivity index (χ1n) is 11.0. The molecule has 0 aliphatic carbocycles. The third-order valence-corrected chi connectivity index (χ3v) is 6.03. The third kappa shape index (κ3) is 5.02. The Bertz CT molecular complexity index is 1010. The van der Waals surface area contributed by atoms with Crippen molar-refractivity contribution < 1.29 is 13.9 Å². The van der Waals surface area contributed by atoms with Gasteiger partial charge in [0.05, 0.1) is 7.11 Å². The Kier molecular flexibility index (Phi) is 6.77. The van der Waals surface area contributed by atoms with Crippen molar-refractivity contribution in [2.45, 2.75) is 19.8 Å². The fraction of sp³-hybridized carbons (Fsp3) is 0.400. The lowest BCUT2D eigenvalue weighted by molar-refractivity contribution is 0.0926. The van der Waals surface area contributed by atoms with Crippen LogP contribution in [0, 0.1) is 6.92 Å². The van der Waals surface area contributed by atoms with E-state index in [1.54, 1.807) is 7.11 Å². The van der Waals surface area contributed by atoms with Crippen molar-refractivity contribution in [1.29, 1.82) is 0 Å². The van der Waals surface area contributed by atoms with Crippen LogP contribution in [0.15, 0.2) is 52.9 Å². The molecule has 0 unspecified atom stereocenters. The highest BCUT2D eigenvalue weighted by Gasteiger charge is 2.18. The van der Waals surface area contributed by atoms with Crippen molar-refractivity contribution in [2.24, 2.45) is 0 Å². The second-order valence-corrected chi connectivity index (χ2v) is 8.05. The van der Waals surface area contributed by atoms with Gasteiger partial charge in [0.2, 0.25) is 0 Å². The second kappa shape index (κ2) is 9.88. The SMILES string of the molecule is COc1ccc2oc(C(=O)NCCCCN3CCN(c4ccccc4)CC3)c(C)c2c1. The lowest BCUT2D eigenvalue weighted by Gasteiger charge is -2.36. The van der Waals surface area contributed by atoms with Crippen LogP contribution in [-0.4, -0.2) is 57.2 Å². The lowest BCUT2D eigenvalue weighted by Crippen LogP contribution is -2.46. The molecular formula is C25H31N3O3. The highest BCUT2D eigenvalue weighted by atomic mass is 16.5. The number of anilines is 1. The fourth-order valence-electron chi connectivity index (χ4n) is 4.15. The Morgan fingerprint density at radius 1 is 1.06 bits per heavy atom. The molecule has 1 fully saturated rings. The molecule has 2 aromatic carbocycles. The van der Waals surface area contributed by atoms with E-state index in [4.69, 9.17) is 9.15 Å². The molecule has 164 valence electrons. The summed E-state index contributed by atoms with van der Waals surface area (Å²) >= 11 is 0. The second-order valence-electron chi connectivity index (χ2n) is 8.05. The molecule has 6 nitrogen and oxygen atoms in total. The molecule has 1 aromatic heterocycles. The summed E-state index contributed by atoms with van der Waals surface area (Å²) in [5.41, 5.74) is 2.87. The van der Waals surface area contributed by atoms with Gasteiger partial charge in [-0.05, 0) is 56.6 Å². The minimum absolute atomic E-state index is 0.149. The van der Waals surface area contributed by atoms with Gasteiger partial charge in [-0.3, -0.25) is 9.69 Å². The zero-order valence-electron chi connectivity index (χ0n) is 18.4. The van der Waals surface area contributed by atoms with E-state index in [1.165, 1.54) is 5.69 Å². The van der Waals surface area contributed by atoms with Crippen molar-refractivity contribution in [3.05, 3.63) is 59.9 Å². The number of rotatable bonds is 8. The number of carbonyl (C=O) groups is 1. The number of benzene rings is 2. The van der Waals surface area contributed by atoms with Gasteiger partial charge in [-0.25, -0.2) is 0 Å². The maximum Gasteiger partial charge on any atom is 0.287 e. The molecule has 3 aromatic rings. The van der Waals surface area contributed by atoms with E-state index in [0.717, 1.165) is 62.3 Å². The first-order valence-corrected chi connectivity index (χ1v) is 11.0. The van der Waals surface area contributed by atoms with Crippen molar-refractivity contribution in [3.63, 3.8) is 0 Å². The van der Waals surface area contributed by atoms with Crippen LogP contribution in [0.2, 0.25) is 0 Å². The number of furan rings is 1. The maximum absolute atomic E-state index is 12.6. The predicted molar refractivity (Wildman–Crippen MR) is 124 cm³/mol. The highest BCUT2D eigenvalue weighted by Crippen LogP contribution is 2.28. The molecular weight excluding hydrogens is 390 g/mol. The summed E-state index contributed by atoms with van der Waals surface area (Å²) in [6.45, 7) is 7.94. The zero-order valence-corrected chi connectivity index (χ0v) is 18.4. The van der Waals surface area contributed by atoms with Gasteiger partial charge in [0.25, 0.3) is 5.91 Å². The number of aryl methyl sites for hydroxylation is 1. The summed E-state index contributed by atoms with van der Waals surface area (Å²) < 4.78 is 11.0. The number of fused-ring (bicyclic) bond motifs is 1. The molecule has 0 saturated carbocycles. The van der Waals surface area contributed by atoms with Gasteiger partial charge in [0.15, 0.2) is 5.76 Å². The van der Waals surface area contributed by atoms with Gasteiger partial charge in [0.1, 0.15) is 11.3 Å². The number of carbonyl (C=O) groups excluding carboxylic acids is 1. The van der Waals surface area contributed by atoms with Gasteiger partial charge >= 0.3 is 0 Å². The average molecular weight is 422 g/mol. The Hall–Kier alpha value is -2.99. The first kappa shape index (κ1) is 21.2. The lowest BCUT2D eigenvalue weighted by atomic mass is 10.1. The van der Waals surface area contributed by atoms with E-state index in [0.29, 0.717) is 17.9 Å². The molecule has 1 N–H and O–H groups in total. The normalized spacial score (nSPS) is 14.7. The minimum Gasteiger partial charge on any atom is -0.497 e. The van der Waals surface area contributed by atoms with Crippen LogP contribution >= 0.6 is 0 Å². The number of methoxy groups -OCH3 is 1. The van der Waals surface area contributed by atoms with Crippen LogP contribution in [0.5, 0.6) is 5.75 Å². The van der Waals surface area contributed by atoms with Gasteiger partial charge in [-0.1, -0.05) is 18.2 Å². The average Bonchev–Trinajstić information content (AvgIpc) is 3.15. The Labute approximate surface area is 183 Å². The van der Waals surface area contributed by atoms with Gasteiger partial charge in [0, 0.05) is 49.4 Å². The van der Waals surface area contributed by atoms with E-state index in [9.17, 15) is 4.79 Å². The Morgan fingerprint density at radius 2 is 1.84 bits per heavy atom. The molecule has 2 heterocycles. The number of amides is 1. The summed E-state index contributed by atoms with van der Waals surface area (Å²) in [6, 6.07) is 16.2. The van der Waals surface area contributed by atoms with E-state index in [2.05, 4.69) is 45.4 Å². The maximum atomic E-state index is 12.6. The van der Waals surface area contributed by atoms with Crippen LogP contribution in [-0.2, 0) is 0 Å². The molecule has 1 aliphatic heterocycles. The summed E-state index contributed by atoms with van der Waals surface area (Å²) in [7, 11) is 1.63. The molecule has 1 aliphatic rings.